The smallest absolute Gasteiger partial charge is 0.153 e. The van der Waals surface area contributed by atoms with Gasteiger partial charge in [-0.05, 0) is 18.6 Å². The molecule has 2 aromatic heterocycles. The Morgan fingerprint density at radius 3 is 2.92 bits per heavy atom. The van der Waals surface area contributed by atoms with E-state index in [-0.39, 0.29) is 5.78 Å². The second-order valence-corrected chi connectivity index (χ2v) is 6.08. The van der Waals surface area contributed by atoms with E-state index in [4.69, 9.17) is 4.74 Å². The number of aromatic amines is 1. The number of H-pyrrole nitrogens is 1. The lowest BCUT2D eigenvalue weighted by Crippen LogP contribution is -2.00. The Labute approximate surface area is 152 Å². The van der Waals surface area contributed by atoms with Gasteiger partial charge in [0.1, 0.15) is 23.7 Å². The van der Waals surface area contributed by atoms with Crippen LogP contribution in [0.1, 0.15) is 38.8 Å². The summed E-state index contributed by atoms with van der Waals surface area (Å²) in [4.78, 5) is 20.2. The number of anilines is 2. The second-order valence-electron chi connectivity index (χ2n) is 6.08. The van der Waals surface area contributed by atoms with Crippen molar-refractivity contribution in [3.05, 3.63) is 36.3 Å². The van der Waals surface area contributed by atoms with Crippen molar-refractivity contribution in [3.8, 4) is 5.75 Å². The molecule has 0 saturated carbocycles. The predicted octanol–water partition coefficient (Wildman–Crippen LogP) is 3.80. The molecule has 0 aliphatic rings. The lowest BCUT2D eigenvalue weighted by Gasteiger charge is -2.08. The number of hydrogen-bond donors (Lipinski definition) is 2. The molecular weight excluding hydrogens is 330 g/mol. The molecule has 0 aliphatic heterocycles. The topological polar surface area (TPSA) is 92.8 Å². The van der Waals surface area contributed by atoms with Gasteiger partial charge in [-0.15, -0.1) is 0 Å². The lowest BCUT2D eigenvalue weighted by atomic mass is 10.2. The van der Waals surface area contributed by atoms with E-state index in [2.05, 4.69) is 32.4 Å². The molecule has 0 aliphatic carbocycles. The summed E-state index contributed by atoms with van der Waals surface area (Å²) in [6.45, 7) is 4.68. The number of aromatic nitrogens is 4. The number of benzene rings is 1. The first kappa shape index (κ1) is 17.8. The molecule has 136 valence electrons. The van der Waals surface area contributed by atoms with Gasteiger partial charge in [-0.3, -0.25) is 9.89 Å². The number of carbonyl (C=O) groups excluding carboxylic acids is 1. The first-order chi connectivity index (χ1) is 12.7. The molecule has 0 bridgehead atoms. The molecule has 0 atom stereocenters. The maximum absolute atomic E-state index is 11.5. The average molecular weight is 353 g/mol. The summed E-state index contributed by atoms with van der Waals surface area (Å²) >= 11 is 0. The molecule has 26 heavy (non-hydrogen) atoms. The van der Waals surface area contributed by atoms with Crippen LogP contribution in [0.15, 0.2) is 30.6 Å². The third-order valence-corrected chi connectivity index (χ3v) is 4.03. The van der Waals surface area contributed by atoms with Gasteiger partial charge in [0.15, 0.2) is 5.82 Å². The molecule has 0 saturated heterocycles. The maximum Gasteiger partial charge on any atom is 0.153 e. The van der Waals surface area contributed by atoms with Crippen LogP contribution in [-0.2, 0) is 11.2 Å². The van der Waals surface area contributed by atoms with Crippen LogP contribution >= 0.6 is 0 Å². The van der Waals surface area contributed by atoms with E-state index in [0.29, 0.717) is 31.1 Å². The summed E-state index contributed by atoms with van der Waals surface area (Å²) in [5, 5.41) is 11.1. The predicted molar refractivity (Wildman–Crippen MR) is 101 cm³/mol. The fourth-order valence-electron chi connectivity index (χ4n) is 2.54. The third kappa shape index (κ3) is 4.36. The summed E-state index contributed by atoms with van der Waals surface area (Å²) in [5.41, 5.74) is 1.58. The third-order valence-electron chi connectivity index (χ3n) is 4.03. The molecule has 0 unspecified atom stereocenters. The molecule has 0 amide bonds. The van der Waals surface area contributed by atoms with Crippen LogP contribution in [0.5, 0.6) is 5.75 Å². The quantitative estimate of drug-likeness (QED) is 0.569. The van der Waals surface area contributed by atoms with Gasteiger partial charge in [-0.25, -0.2) is 9.97 Å². The first-order valence-corrected chi connectivity index (χ1v) is 8.90. The van der Waals surface area contributed by atoms with E-state index < -0.39 is 0 Å². The van der Waals surface area contributed by atoms with Crippen molar-refractivity contribution in [2.45, 2.75) is 39.5 Å². The van der Waals surface area contributed by atoms with Crippen molar-refractivity contribution in [1.29, 1.82) is 0 Å². The van der Waals surface area contributed by atoms with Gasteiger partial charge in [-0.2, -0.15) is 5.10 Å². The minimum absolute atomic E-state index is 0.170. The number of nitrogens with zero attached hydrogens (tertiary/aromatic N) is 3. The normalized spacial score (nSPS) is 10.8. The number of fused-ring (bicyclic) bond motifs is 1. The molecular formula is C19H23N5O2. The summed E-state index contributed by atoms with van der Waals surface area (Å²) in [5.74, 6) is 2.25. The number of Topliss-reactive ketones (excluding diaryl/α,β-unsaturated/α-hetero) is 1. The van der Waals surface area contributed by atoms with Crippen LogP contribution in [0.3, 0.4) is 0 Å². The van der Waals surface area contributed by atoms with Crippen molar-refractivity contribution in [3.63, 3.8) is 0 Å². The fourth-order valence-corrected chi connectivity index (χ4v) is 2.54. The zero-order valence-electron chi connectivity index (χ0n) is 15.1. The number of carbonyl (C=O) groups is 1. The van der Waals surface area contributed by atoms with Crippen molar-refractivity contribution in [2.75, 3.05) is 11.9 Å². The molecule has 2 N–H and O–H groups in total. The Hall–Kier alpha value is -2.96. The van der Waals surface area contributed by atoms with Gasteiger partial charge < -0.3 is 10.1 Å². The van der Waals surface area contributed by atoms with Crippen LogP contribution in [0, 0.1) is 0 Å². The monoisotopic (exact) mass is 353 g/mol. The summed E-state index contributed by atoms with van der Waals surface area (Å²) in [7, 11) is 0. The molecule has 0 radical (unpaired) electrons. The highest BCUT2D eigenvalue weighted by Crippen LogP contribution is 2.26. The molecule has 0 spiro atoms. The van der Waals surface area contributed by atoms with Gasteiger partial charge in [0.05, 0.1) is 12.1 Å². The Bertz CT molecular complexity index is 891. The zero-order valence-corrected chi connectivity index (χ0v) is 15.1. The van der Waals surface area contributed by atoms with E-state index in [1.54, 1.807) is 0 Å². The molecule has 7 nitrogen and oxygen atoms in total. The van der Waals surface area contributed by atoms with Crippen LogP contribution < -0.4 is 10.1 Å². The standard InChI is InChI=1S/C19H23N5O2/c1-3-5-8-26-15-6-7-16-17(11-15)20-12-21-19(16)22-18-10-13(23-24-18)9-14(25)4-2/h6-7,10-12H,3-5,8-9H2,1-2H3,(H2,20,21,22,23,24). The number of ether oxygens (including phenoxy) is 1. The van der Waals surface area contributed by atoms with Gasteiger partial charge >= 0.3 is 0 Å². The van der Waals surface area contributed by atoms with Crippen LogP contribution in [0.2, 0.25) is 0 Å². The summed E-state index contributed by atoms with van der Waals surface area (Å²) < 4.78 is 5.73. The number of ketones is 1. The molecule has 3 rings (SSSR count). The molecule has 3 aromatic rings. The molecule has 0 fully saturated rings. The highest BCUT2D eigenvalue weighted by molar-refractivity contribution is 5.91. The molecule has 1 aromatic carbocycles. The van der Waals surface area contributed by atoms with E-state index in [1.807, 2.05) is 31.2 Å². The van der Waals surface area contributed by atoms with Crippen molar-refractivity contribution in [1.82, 2.24) is 20.2 Å². The van der Waals surface area contributed by atoms with Crippen molar-refractivity contribution in [2.24, 2.45) is 0 Å². The number of unbranched alkanes of at least 4 members (excludes halogenated alkanes) is 1. The number of rotatable bonds is 9. The van der Waals surface area contributed by atoms with Crippen LogP contribution in [0.25, 0.3) is 10.9 Å². The SMILES string of the molecule is CCCCOc1ccc2c(Nc3cc(CC(=O)CC)[nH]n3)ncnc2c1. The molecule has 2 heterocycles. The fraction of sp³-hybridized carbons (Fsp3) is 0.368. The van der Waals surface area contributed by atoms with E-state index in [0.717, 1.165) is 35.2 Å². The van der Waals surface area contributed by atoms with Crippen LogP contribution in [-0.4, -0.2) is 32.6 Å². The summed E-state index contributed by atoms with van der Waals surface area (Å²) in [6.07, 6.45) is 4.50. The van der Waals surface area contributed by atoms with Gasteiger partial charge in [0, 0.05) is 36.1 Å². The summed E-state index contributed by atoms with van der Waals surface area (Å²) in [6, 6.07) is 7.59. The number of nitrogens with one attached hydrogen (secondary N) is 2. The Morgan fingerprint density at radius 1 is 1.23 bits per heavy atom. The van der Waals surface area contributed by atoms with Crippen molar-refractivity contribution < 1.29 is 9.53 Å². The first-order valence-electron chi connectivity index (χ1n) is 8.90. The zero-order chi connectivity index (χ0) is 18.4. The van der Waals surface area contributed by atoms with Crippen molar-refractivity contribution >= 4 is 28.3 Å². The second kappa shape index (κ2) is 8.42. The highest BCUT2D eigenvalue weighted by Gasteiger charge is 2.09. The lowest BCUT2D eigenvalue weighted by molar-refractivity contribution is -0.118. The van der Waals surface area contributed by atoms with Gasteiger partial charge in [-0.1, -0.05) is 20.3 Å². The van der Waals surface area contributed by atoms with Gasteiger partial charge in [0.25, 0.3) is 0 Å². The Kier molecular flexibility index (Phi) is 5.78. The minimum atomic E-state index is 0.170. The number of hydrogen-bond acceptors (Lipinski definition) is 6. The maximum atomic E-state index is 11.5. The van der Waals surface area contributed by atoms with Crippen LogP contribution in [0.4, 0.5) is 11.6 Å². The Morgan fingerprint density at radius 2 is 2.12 bits per heavy atom. The van der Waals surface area contributed by atoms with E-state index in [9.17, 15) is 4.79 Å². The molecule has 7 heteroatoms. The Balaban J connectivity index is 1.76. The minimum Gasteiger partial charge on any atom is -0.494 e. The highest BCUT2D eigenvalue weighted by atomic mass is 16.5. The van der Waals surface area contributed by atoms with Gasteiger partial charge in [0.2, 0.25) is 0 Å². The largest absolute Gasteiger partial charge is 0.494 e. The van der Waals surface area contributed by atoms with E-state index in [1.165, 1.54) is 6.33 Å². The van der Waals surface area contributed by atoms with E-state index >= 15 is 0 Å². The average Bonchev–Trinajstić information content (AvgIpc) is 3.08.